The van der Waals surface area contributed by atoms with E-state index in [0.717, 1.165) is 37.2 Å². The number of urea groups is 1. The molecule has 3 aliphatic heterocycles. The molecule has 0 saturated carbocycles. The summed E-state index contributed by atoms with van der Waals surface area (Å²) in [6.07, 6.45) is 6.21. The molecule has 2 amide bonds. The Kier molecular flexibility index (Phi) is 8.45. The van der Waals surface area contributed by atoms with Crippen LogP contribution in [0.4, 0.5) is 4.79 Å². The number of nitrogens with zero attached hydrogens (tertiary/aromatic N) is 2. The molecule has 0 aromatic heterocycles. The summed E-state index contributed by atoms with van der Waals surface area (Å²) < 4.78 is 11.0. The summed E-state index contributed by atoms with van der Waals surface area (Å²) in [7, 11) is 0. The summed E-state index contributed by atoms with van der Waals surface area (Å²) >= 11 is 0. The molecule has 34 heavy (non-hydrogen) atoms. The summed E-state index contributed by atoms with van der Waals surface area (Å²) in [4.78, 5) is 30.6. The van der Waals surface area contributed by atoms with Crippen molar-refractivity contribution in [2.75, 3.05) is 45.9 Å². The van der Waals surface area contributed by atoms with Crippen LogP contribution in [0.2, 0.25) is 0 Å². The van der Waals surface area contributed by atoms with Crippen LogP contribution in [0.25, 0.3) is 0 Å². The van der Waals surface area contributed by atoms with Crippen LogP contribution >= 0.6 is 0 Å². The summed E-state index contributed by atoms with van der Waals surface area (Å²) in [6.45, 7) is 9.46. The zero-order valence-corrected chi connectivity index (χ0v) is 20.5. The van der Waals surface area contributed by atoms with Gasteiger partial charge in [0, 0.05) is 31.4 Å². The van der Waals surface area contributed by atoms with E-state index in [2.05, 4.69) is 20.4 Å². The Hall–Kier alpha value is -2.58. The monoisotopic (exact) mass is 470 g/mol. The lowest BCUT2D eigenvalue weighted by atomic mass is 9.94. The number of esters is 1. The van der Waals surface area contributed by atoms with E-state index in [0.29, 0.717) is 30.5 Å². The maximum atomic E-state index is 13.0. The van der Waals surface area contributed by atoms with Crippen LogP contribution in [0.1, 0.15) is 57.6 Å². The fraction of sp³-hybridized carbons (Fsp3) is 0.615. The number of nitrogens with one attached hydrogen (secondary N) is 2. The Morgan fingerprint density at radius 3 is 2.35 bits per heavy atom. The van der Waals surface area contributed by atoms with Crippen molar-refractivity contribution in [2.45, 2.75) is 58.0 Å². The normalized spacial score (nSPS) is 22.8. The third-order valence-corrected chi connectivity index (χ3v) is 7.02. The predicted molar refractivity (Wildman–Crippen MR) is 131 cm³/mol. The van der Waals surface area contributed by atoms with Gasteiger partial charge >= 0.3 is 12.0 Å². The van der Waals surface area contributed by atoms with Gasteiger partial charge < -0.3 is 25.0 Å². The molecule has 0 unspecified atom stereocenters. The van der Waals surface area contributed by atoms with Crippen molar-refractivity contribution in [2.24, 2.45) is 0 Å². The Labute approximate surface area is 202 Å². The molecule has 4 rings (SSSR count). The maximum Gasteiger partial charge on any atom is 0.338 e. The molecular weight excluding hydrogens is 432 g/mol. The molecule has 1 atom stereocenters. The average Bonchev–Trinajstić information content (AvgIpc) is 2.85. The number of amides is 2. The third-order valence-electron chi connectivity index (χ3n) is 7.02. The highest BCUT2D eigenvalue weighted by Crippen LogP contribution is 2.30. The molecule has 2 saturated heterocycles. The Bertz CT molecular complexity index is 871. The highest BCUT2D eigenvalue weighted by Gasteiger charge is 2.35. The Morgan fingerprint density at radius 1 is 1.00 bits per heavy atom. The van der Waals surface area contributed by atoms with Crippen LogP contribution in [-0.2, 0) is 9.53 Å². The first-order valence-corrected chi connectivity index (χ1v) is 12.8. The third kappa shape index (κ3) is 5.91. The van der Waals surface area contributed by atoms with Crippen molar-refractivity contribution in [3.05, 3.63) is 41.1 Å². The van der Waals surface area contributed by atoms with Gasteiger partial charge in [0.2, 0.25) is 0 Å². The first-order valence-electron chi connectivity index (χ1n) is 12.8. The van der Waals surface area contributed by atoms with E-state index >= 15 is 0 Å². The van der Waals surface area contributed by atoms with Crippen molar-refractivity contribution in [1.82, 2.24) is 20.4 Å². The second kappa shape index (κ2) is 11.7. The maximum absolute atomic E-state index is 13.0. The second-order valence-corrected chi connectivity index (χ2v) is 9.25. The van der Waals surface area contributed by atoms with Crippen molar-refractivity contribution in [3.63, 3.8) is 0 Å². The van der Waals surface area contributed by atoms with E-state index in [1.165, 1.54) is 32.4 Å². The van der Waals surface area contributed by atoms with Crippen LogP contribution in [0.15, 0.2) is 35.5 Å². The number of rotatable bonds is 8. The molecule has 8 heteroatoms. The smallest absolute Gasteiger partial charge is 0.338 e. The molecule has 3 aliphatic rings. The number of hydrogen-bond donors (Lipinski definition) is 2. The van der Waals surface area contributed by atoms with E-state index in [1.807, 2.05) is 31.2 Å². The van der Waals surface area contributed by atoms with Crippen LogP contribution < -0.4 is 15.4 Å². The standard InChI is InChI=1S/C26H38N4O4/c1-3-33-21-10-8-19(9-11-21)24-23(25(31)34-4-2)22(27-26(32)28-24)18-29-16-12-20(13-17-29)30-14-6-5-7-15-30/h8-11,20,24H,3-7,12-18H2,1-2H3,(H2,27,28,32)/t24-/m1/s1. The van der Waals surface area contributed by atoms with Crippen molar-refractivity contribution < 1.29 is 19.1 Å². The number of carbonyl (C=O) groups excluding carboxylic acids is 2. The minimum Gasteiger partial charge on any atom is -0.494 e. The summed E-state index contributed by atoms with van der Waals surface area (Å²) in [6, 6.07) is 7.29. The Balaban J connectivity index is 1.51. The highest BCUT2D eigenvalue weighted by molar-refractivity contribution is 5.95. The predicted octanol–water partition coefficient (Wildman–Crippen LogP) is 3.21. The van der Waals surface area contributed by atoms with Crippen LogP contribution in [0.3, 0.4) is 0 Å². The van der Waals surface area contributed by atoms with Crippen LogP contribution in [0.5, 0.6) is 5.75 Å². The molecule has 1 aromatic carbocycles. The number of hydrogen-bond acceptors (Lipinski definition) is 6. The molecular formula is C26H38N4O4. The Morgan fingerprint density at radius 2 is 1.71 bits per heavy atom. The molecule has 0 spiro atoms. The van der Waals surface area contributed by atoms with Crippen molar-refractivity contribution >= 4 is 12.0 Å². The van der Waals surface area contributed by atoms with Gasteiger partial charge in [-0.05, 0) is 70.3 Å². The fourth-order valence-electron chi connectivity index (χ4n) is 5.32. The van der Waals surface area contributed by atoms with Gasteiger partial charge in [0.1, 0.15) is 5.75 Å². The minimum absolute atomic E-state index is 0.279. The lowest BCUT2D eigenvalue weighted by Crippen LogP contribution is -2.51. The summed E-state index contributed by atoms with van der Waals surface area (Å²) in [5.41, 5.74) is 1.93. The number of carbonyl (C=O) groups is 2. The molecule has 0 radical (unpaired) electrons. The molecule has 1 aromatic rings. The SMILES string of the molecule is CCOC(=O)C1=C(CN2CCC(N3CCCCC3)CC2)NC(=O)N[C@@H]1c1ccc(OCC)cc1. The topological polar surface area (TPSA) is 83.1 Å². The molecule has 186 valence electrons. The summed E-state index contributed by atoms with van der Waals surface area (Å²) in [5.74, 6) is 0.358. The van der Waals surface area contributed by atoms with Gasteiger partial charge in [0.25, 0.3) is 0 Å². The first-order chi connectivity index (χ1) is 16.6. The van der Waals surface area contributed by atoms with Crippen molar-refractivity contribution in [1.29, 1.82) is 0 Å². The highest BCUT2D eigenvalue weighted by atomic mass is 16.5. The molecule has 3 heterocycles. The van der Waals surface area contributed by atoms with Gasteiger partial charge in [-0.15, -0.1) is 0 Å². The number of piperidine rings is 2. The molecule has 0 bridgehead atoms. The van der Waals surface area contributed by atoms with Gasteiger partial charge in [0.05, 0.1) is 24.8 Å². The van der Waals surface area contributed by atoms with Crippen molar-refractivity contribution in [3.8, 4) is 5.75 Å². The van der Waals surface area contributed by atoms with Gasteiger partial charge in [-0.2, -0.15) is 0 Å². The van der Waals surface area contributed by atoms with Gasteiger partial charge in [0.15, 0.2) is 0 Å². The van der Waals surface area contributed by atoms with Gasteiger partial charge in [-0.3, -0.25) is 4.90 Å². The fourth-order valence-corrected chi connectivity index (χ4v) is 5.32. The lowest BCUT2D eigenvalue weighted by Gasteiger charge is -2.41. The van der Waals surface area contributed by atoms with E-state index in [-0.39, 0.29) is 12.6 Å². The number of likely N-dealkylation sites (tertiary alicyclic amines) is 2. The molecule has 8 nitrogen and oxygen atoms in total. The molecule has 2 fully saturated rings. The zero-order chi connectivity index (χ0) is 23.9. The number of benzene rings is 1. The summed E-state index contributed by atoms with van der Waals surface area (Å²) in [5, 5.41) is 5.83. The quantitative estimate of drug-likeness (QED) is 0.568. The minimum atomic E-state index is -0.565. The van der Waals surface area contributed by atoms with Gasteiger partial charge in [-0.1, -0.05) is 18.6 Å². The molecule has 0 aliphatic carbocycles. The number of ether oxygens (including phenoxy) is 2. The van der Waals surface area contributed by atoms with Crippen LogP contribution in [-0.4, -0.2) is 73.8 Å². The van der Waals surface area contributed by atoms with E-state index in [4.69, 9.17) is 9.47 Å². The molecule has 2 N–H and O–H groups in total. The largest absolute Gasteiger partial charge is 0.494 e. The van der Waals surface area contributed by atoms with Gasteiger partial charge in [-0.25, -0.2) is 9.59 Å². The van der Waals surface area contributed by atoms with Crippen LogP contribution in [0, 0.1) is 0 Å². The zero-order valence-electron chi connectivity index (χ0n) is 20.5. The van der Waals surface area contributed by atoms with E-state index < -0.39 is 12.0 Å². The second-order valence-electron chi connectivity index (χ2n) is 9.25. The first kappa shape index (κ1) is 24.5. The lowest BCUT2D eigenvalue weighted by molar-refractivity contribution is -0.139. The average molecular weight is 471 g/mol. The van der Waals surface area contributed by atoms with E-state index in [9.17, 15) is 9.59 Å². The van der Waals surface area contributed by atoms with E-state index in [1.54, 1.807) is 6.92 Å².